The Morgan fingerprint density at radius 1 is 1.05 bits per heavy atom. The molecule has 1 aromatic carbocycles. The van der Waals surface area contributed by atoms with Crippen LogP contribution in [-0.2, 0) is 0 Å². The second kappa shape index (κ2) is 5.23. The molecule has 20 heavy (non-hydrogen) atoms. The van der Waals surface area contributed by atoms with Crippen molar-refractivity contribution in [2.45, 2.75) is 38.0 Å². The summed E-state index contributed by atoms with van der Waals surface area (Å²) in [6.07, 6.45) is 5.70. The molecule has 3 rings (SSSR count). The minimum atomic E-state index is -0.602. The SMILES string of the molecule is Nc1n[nH]c(C2CCCCC2)c1-c1cc(F)cc(F)c1. The Bertz CT molecular complexity index is 595. The summed E-state index contributed by atoms with van der Waals surface area (Å²) < 4.78 is 26.8. The van der Waals surface area contributed by atoms with Crippen molar-refractivity contribution in [1.29, 1.82) is 0 Å². The largest absolute Gasteiger partial charge is 0.382 e. The smallest absolute Gasteiger partial charge is 0.153 e. The summed E-state index contributed by atoms with van der Waals surface area (Å²) in [6.45, 7) is 0. The Morgan fingerprint density at radius 2 is 1.70 bits per heavy atom. The van der Waals surface area contributed by atoms with E-state index in [4.69, 9.17) is 5.73 Å². The minimum absolute atomic E-state index is 0.301. The summed E-state index contributed by atoms with van der Waals surface area (Å²) in [5.74, 6) is -0.559. The van der Waals surface area contributed by atoms with Crippen LogP contribution in [0, 0.1) is 11.6 Å². The molecule has 1 aliphatic carbocycles. The highest BCUT2D eigenvalue weighted by molar-refractivity contribution is 5.76. The highest BCUT2D eigenvalue weighted by Gasteiger charge is 2.23. The van der Waals surface area contributed by atoms with Crippen LogP contribution in [-0.4, -0.2) is 10.2 Å². The molecule has 1 heterocycles. The van der Waals surface area contributed by atoms with Gasteiger partial charge >= 0.3 is 0 Å². The maximum absolute atomic E-state index is 13.4. The van der Waals surface area contributed by atoms with E-state index in [-0.39, 0.29) is 0 Å². The predicted molar refractivity (Wildman–Crippen MR) is 74.2 cm³/mol. The van der Waals surface area contributed by atoms with Gasteiger partial charge in [0.05, 0.1) is 0 Å². The fourth-order valence-corrected chi connectivity index (χ4v) is 3.06. The van der Waals surface area contributed by atoms with Crippen LogP contribution in [0.15, 0.2) is 18.2 Å². The average molecular weight is 277 g/mol. The molecule has 106 valence electrons. The van der Waals surface area contributed by atoms with Gasteiger partial charge in [0.1, 0.15) is 11.6 Å². The van der Waals surface area contributed by atoms with Crippen LogP contribution in [0.5, 0.6) is 0 Å². The maximum Gasteiger partial charge on any atom is 0.153 e. The summed E-state index contributed by atoms with van der Waals surface area (Å²) in [5.41, 5.74) is 7.90. The number of benzene rings is 1. The van der Waals surface area contributed by atoms with Gasteiger partial charge in [0.2, 0.25) is 0 Å². The zero-order valence-electron chi connectivity index (χ0n) is 11.1. The third-order valence-corrected chi connectivity index (χ3v) is 3.99. The first-order chi connectivity index (χ1) is 9.65. The van der Waals surface area contributed by atoms with Crippen molar-refractivity contribution in [3.8, 4) is 11.1 Å². The number of aromatic amines is 1. The van der Waals surface area contributed by atoms with Crippen molar-refractivity contribution >= 4 is 5.82 Å². The van der Waals surface area contributed by atoms with Gasteiger partial charge in [0.25, 0.3) is 0 Å². The van der Waals surface area contributed by atoms with E-state index in [9.17, 15) is 8.78 Å². The van der Waals surface area contributed by atoms with Crippen LogP contribution in [0.25, 0.3) is 11.1 Å². The number of H-pyrrole nitrogens is 1. The maximum atomic E-state index is 13.4. The van der Waals surface area contributed by atoms with Gasteiger partial charge in [-0.15, -0.1) is 0 Å². The fraction of sp³-hybridized carbons (Fsp3) is 0.400. The predicted octanol–water partition coefficient (Wildman–Crippen LogP) is 3.98. The lowest BCUT2D eigenvalue weighted by molar-refractivity contribution is 0.437. The second-order valence-electron chi connectivity index (χ2n) is 5.39. The van der Waals surface area contributed by atoms with Crippen LogP contribution in [0.2, 0.25) is 0 Å². The van der Waals surface area contributed by atoms with Crippen molar-refractivity contribution in [3.63, 3.8) is 0 Å². The van der Waals surface area contributed by atoms with Gasteiger partial charge in [-0.25, -0.2) is 8.78 Å². The lowest BCUT2D eigenvalue weighted by Crippen LogP contribution is -2.06. The molecular weight excluding hydrogens is 260 g/mol. The number of aromatic nitrogens is 2. The van der Waals surface area contributed by atoms with Gasteiger partial charge in [-0.3, -0.25) is 5.10 Å². The molecule has 0 bridgehead atoms. The summed E-state index contributed by atoms with van der Waals surface area (Å²) in [5, 5.41) is 7.00. The monoisotopic (exact) mass is 277 g/mol. The molecule has 0 aliphatic heterocycles. The number of nitrogens with one attached hydrogen (secondary N) is 1. The standard InChI is InChI=1S/C15H17F2N3/c16-11-6-10(7-12(17)8-11)13-14(19-20-15(13)18)9-4-2-1-3-5-9/h6-9H,1-5H2,(H3,18,19,20). The molecule has 0 radical (unpaired) electrons. The van der Waals surface area contributed by atoms with Crippen LogP contribution in [0.4, 0.5) is 14.6 Å². The molecule has 0 saturated heterocycles. The summed E-state index contributed by atoms with van der Waals surface area (Å²) in [4.78, 5) is 0. The number of nitrogens with two attached hydrogens (primary N) is 1. The summed E-state index contributed by atoms with van der Waals surface area (Å²) in [7, 11) is 0. The molecule has 1 aliphatic rings. The highest BCUT2D eigenvalue weighted by atomic mass is 19.1. The van der Waals surface area contributed by atoms with Crippen molar-refractivity contribution in [2.24, 2.45) is 0 Å². The lowest BCUT2D eigenvalue weighted by Gasteiger charge is -2.21. The summed E-state index contributed by atoms with van der Waals surface area (Å²) >= 11 is 0. The molecule has 1 fully saturated rings. The number of nitrogens with zero attached hydrogens (tertiary/aromatic N) is 1. The first kappa shape index (κ1) is 13.1. The van der Waals surface area contributed by atoms with E-state index in [0.29, 0.717) is 22.9 Å². The number of nitrogen functional groups attached to an aromatic ring is 1. The van der Waals surface area contributed by atoms with E-state index in [1.807, 2.05) is 0 Å². The van der Waals surface area contributed by atoms with Gasteiger partial charge in [0.15, 0.2) is 5.82 Å². The molecule has 3 N–H and O–H groups in total. The Morgan fingerprint density at radius 3 is 2.35 bits per heavy atom. The Kier molecular flexibility index (Phi) is 3.42. The van der Waals surface area contributed by atoms with Crippen molar-refractivity contribution in [3.05, 3.63) is 35.5 Å². The van der Waals surface area contributed by atoms with E-state index in [1.54, 1.807) is 0 Å². The van der Waals surface area contributed by atoms with Crippen molar-refractivity contribution in [1.82, 2.24) is 10.2 Å². The Balaban J connectivity index is 2.06. The molecule has 0 spiro atoms. The number of halogens is 2. The number of hydrogen-bond acceptors (Lipinski definition) is 2. The number of rotatable bonds is 2. The first-order valence-corrected chi connectivity index (χ1v) is 6.95. The third kappa shape index (κ3) is 2.40. The normalized spacial score (nSPS) is 16.5. The van der Waals surface area contributed by atoms with Gasteiger partial charge in [-0.05, 0) is 30.5 Å². The van der Waals surface area contributed by atoms with Gasteiger partial charge < -0.3 is 5.73 Å². The van der Waals surface area contributed by atoms with E-state index >= 15 is 0 Å². The fourth-order valence-electron chi connectivity index (χ4n) is 3.06. The topological polar surface area (TPSA) is 54.7 Å². The van der Waals surface area contributed by atoms with Crippen LogP contribution in [0.3, 0.4) is 0 Å². The highest BCUT2D eigenvalue weighted by Crippen LogP contribution is 2.39. The Labute approximate surface area is 116 Å². The average Bonchev–Trinajstić information content (AvgIpc) is 2.80. The van der Waals surface area contributed by atoms with E-state index in [0.717, 1.165) is 24.6 Å². The molecule has 0 amide bonds. The van der Waals surface area contributed by atoms with Gasteiger partial charge in [-0.1, -0.05) is 19.3 Å². The molecule has 2 aromatic rings. The number of anilines is 1. The molecule has 3 nitrogen and oxygen atoms in total. The van der Waals surface area contributed by atoms with Crippen LogP contribution < -0.4 is 5.73 Å². The van der Waals surface area contributed by atoms with Gasteiger partial charge in [-0.2, -0.15) is 5.10 Å². The van der Waals surface area contributed by atoms with E-state index in [1.165, 1.54) is 31.4 Å². The van der Waals surface area contributed by atoms with E-state index < -0.39 is 11.6 Å². The summed E-state index contributed by atoms with van der Waals surface area (Å²) in [6, 6.07) is 3.47. The number of hydrogen-bond donors (Lipinski definition) is 2. The first-order valence-electron chi connectivity index (χ1n) is 6.95. The van der Waals surface area contributed by atoms with Gasteiger partial charge in [0, 0.05) is 23.2 Å². The molecule has 5 heteroatoms. The molecule has 0 atom stereocenters. The molecule has 0 unspecified atom stereocenters. The molecule has 1 saturated carbocycles. The zero-order chi connectivity index (χ0) is 14.1. The van der Waals surface area contributed by atoms with E-state index in [2.05, 4.69) is 10.2 Å². The van der Waals surface area contributed by atoms with Crippen LogP contribution >= 0.6 is 0 Å². The molecular formula is C15H17F2N3. The lowest BCUT2D eigenvalue weighted by atomic mass is 9.84. The zero-order valence-corrected chi connectivity index (χ0v) is 11.1. The quantitative estimate of drug-likeness (QED) is 0.872. The Hall–Kier alpha value is -1.91. The minimum Gasteiger partial charge on any atom is -0.382 e. The van der Waals surface area contributed by atoms with Crippen molar-refractivity contribution < 1.29 is 8.78 Å². The second-order valence-corrected chi connectivity index (χ2v) is 5.39. The molecule has 1 aromatic heterocycles. The van der Waals surface area contributed by atoms with Crippen molar-refractivity contribution in [2.75, 3.05) is 5.73 Å². The van der Waals surface area contributed by atoms with Crippen LogP contribution in [0.1, 0.15) is 43.7 Å². The third-order valence-electron chi connectivity index (χ3n) is 3.99.